The van der Waals surface area contributed by atoms with Crippen molar-refractivity contribution in [3.05, 3.63) is 71.3 Å². The minimum Gasteiger partial charge on any atom is -0.458 e. The van der Waals surface area contributed by atoms with Gasteiger partial charge in [0.2, 0.25) is 11.8 Å². The number of amides is 3. The topological polar surface area (TPSA) is 114 Å². The van der Waals surface area contributed by atoms with Gasteiger partial charge in [0.1, 0.15) is 29.3 Å². The minimum atomic E-state index is -1.15. The number of terminal acetylenes is 1. The van der Waals surface area contributed by atoms with Crippen molar-refractivity contribution in [3.63, 3.8) is 0 Å². The zero-order chi connectivity index (χ0) is 33.9. The number of hydrogen-bond acceptors (Lipinski definition) is 6. The maximum Gasteiger partial charge on any atom is 0.408 e. The molecule has 3 amide bonds. The molecule has 0 radical (unpaired) electrons. The second kappa shape index (κ2) is 16.1. The van der Waals surface area contributed by atoms with E-state index >= 15 is 0 Å². The van der Waals surface area contributed by atoms with Crippen LogP contribution in [0.5, 0.6) is 0 Å². The highest BCUT2D eigenvalue weighted by molar-refractivity contribution is 5.94. The van der Waals surface area contributed by atoms with Gasteiger partial charge < -0.3 is 25.0 Å². The molecule has 9 nitrogen and oxygen atoms in total. The van der Waals surface area contributed by atoms with Crippen molar-refractivity contribution >= 4 is 23.9 Å². The van der Waals surface area contributed by atoms with Crippen LogP contribution in [0.15, 0.2) is 54.6 Å². The molecule has 0 saturated heterocycles. The van der Waals surface area contributed by atoms with Crippen LogP contribution in [-0.2, 0) is 30.3 Å². The molecule has 0 aliphatic carbocycles. The van der Waals surface area contributed by atoms with Crippen LogP contribution in [-0.4, -0.2) is 58.6 Å². The molecular weight excluding hydrogens is 570 g/mol. The van der Waals surface area contributed by atoms with Crippen LogP contribution < -0.4 is 10.6 Å². The average molecular weight is 620 g/mol. The lowest BCUT2D eigenvalue weighted by molar-refractivity contribution is -0.159. The van der Waals surface area contributed by atoms with Crippen molar-refractivity contribution < 1.29 is 28.7 Å². The van der Waals surface area contributed by atoms with Gasteiger partial charge in [0.15, 0.2) is 0 Å². The number of benzene rings is 2. The Bertz CT molecular complexity index is 1330. The second-order valence-electron chi connectivity index (χ2n) is 13.4. The zero-order valence-corrected chi connectivity index (χ0v) is 28.1. The van der Waals surface area contributed by atoms with Crippen LogP contribution in [0.2, 0.25) is 0 Å². The first-order valence-electron chi connectivity index (χ1n) is 15.4. The van der Waals surface area contributed by atoms with Crippen LogP contribution in [0, 0.1) is 18.3 Å². The number of alkyl carbamates (subject to hydrolysis) is 1. The molecule has 9 heteroatoms. The van der Waals surface area contributed by atoms with E-state index in [-0.39, 0.29) is 18.9 Å². The quantitative estimate of drug-likeness (QED) is 0.237. The molecule has 3 unspecified atom stereocenters. The second-order valence-corrected chi connectivity index (χ2v) is 13.4. The highest BCUT2D eigenvalue weighted by Gasteiger charge is 2.38. The monoisotopic (exact) mass is 619 g/mol. The maximum absolute atomic E-state index is 14.3. The molecule has 0 saturated carbocycles. The SMILES string of the molecule is C#Cc1ccc(C(C(=O)NC(Cc2ccccc2)C(=O)OC(C)(C)C)N(CC)C(=O)C(CC(C)C)NC(=O)OC(C)(C)C)cc1. The molecule has 0 aliphatic heterocycles. The van der Waals surface area contributed by atoms with E-state index in [0.29, 0.717) is 17.5 Å². The molecular formula is C36H49N3O6. The predicted octanol–water partition coefficient (Wildman–Crippen LogP) is 5.57. The number of carbonyl (C=O) groups excluding carboxylic acids is 4. The van der Waals surface area contributed by atoms with Gasteiger partial charge in [0.05, 0.1) is 0 Å². The van der Waals surface area contributed by atoms with Gasteiger partial charge in [-0.25, -0.2) is 9.59 Å². The van der Waals surface area contributed by atoms with Crippen LogP contribution >= 0.6 is 0 Å². The van der Waals surface area contributed by atoms with Crippen molar-refractivity contribution in [2.45, 2.75) is 104 Å². The molecule has 3 atom stereocenters. The van der Waals surface area contributed by atoms with Gasteiger partial charge >= 0.3 is 12.1 Å². The Morgan fingerprint density at radius 2 is 1.42 bits per heavy atom. The van der Waals surface area contributed by atoms with Gasteiger partial charge in [-0.2, -0.15) is 0 Å². The van der Waals surface area contributed by atoms with Crippen LogP contribution in [0.1, 0.15) is 91.5 Å². The highest BCUT2D eigenvalue weighted by atomic mass is 16.6. The number of nitrogens with zero attached hydrogens (tertiary/aromatic N) is 1. The Balaban J connectivity index is 2.55. The minimum absolute atomic E-state index is 0.0391. The first kappa shape index (κ1) is 36.9. The normalized spacial score (nSPS) is 13.5. The predicted molar refractivity (Wildman–Crippen MR) is 175 cm³/mol. The molecule has 2 aromatic carbocycles. The van der Waals surface area contributed by atoms with Crippen molar-refractivity contribution in [3.8, 4) is 12.3 Å². The van der Waals surface area contributed by atoms with Gasteiger partial charge in [0, 0.05) is 18.5 Å². The molecule has 45 heavy (non-hydrogen) atoms. The Morgan fingerprint density at radius 1 is 0.844 bits per heavy atom. The van der Waals surface area contributed by atoms with Gasteiger partial charge in [-0.1, -0.05) is 62.2 Å². The van der Waals surface area contributed by atoms with Crippen LogP contribution in [0.25, 0.3) is 0 Å². The fraction of sp³-hybridized carbons (Fsp3) is 0.500. The summed E-state index contributed by atoms with van der Waals surface area (Å²) < 4.78 is 11.1. The van der Waals surface area contributed by atoms with Crippen LogP contribution in [0.3, 0.4) is 0 Å². The lowest BCUT2D eigenvalue weighted by Crippen LogP contribution is -2.55. The third-order valence-corrected chi connectivity index (χ3v) is 6.56. The zero-order valence-electron chi connectivity index (χ0n) is 28.1. The molecule has 2 rings (SSSR count). The molecule has 2 N–H and O–H groups in total. The number of hydrogen-bond donors (Lipinski definition) is 2. The van der Waals surface area contributed by atoms with Crippen LogP contribution in [0.4, 0.5) is 4.79 Å². The third kappa shape index (κ3) is 12.3. The molecule has 0 aliphatic rings. The van der Waals surface area contributed by atoms with E-state index < -0.39 is 53.2 Å². The largest absolute Gasteiger partial charge is 0.458 e. The Morgan fingerprint density at radius 3 is 1.91 bits per heavy atom. The summed E-state index contributed by atoms with van der Waals surface area (Å²) >= 11 is 0. The average Bonchev–Trinajstić information content (AvgIpc) is 2.93. The summed E-state index contributed by atoms with van der Waals surface area (Å²) in [4.78, 5) is 56.0. The Kier molecular flexibility index (Phi) is 13.2. The molecule has 2 aromatic rings. The standard InChI is InChI=1S/C36H49N3O6/c1-11-25-18-20-27(21-19-25)30(39(12-2)32(41)28(22-24(3)4)38-34(43)45-36(8,9)10)31(40)37-29(33(42)44-35(5,6)7)23-26-16-14-13-15-17-26/h1,13-21,24,28-30H,12,22-23H2,2-10H3,(H,37,40)(H,38,43). The van der Waals surface area contributed by atoms with E-state index in [2.05, 4.69) is 16.6 Å². The van der Waals surface area contributed by atoms with Gasteiger partial charge in [-0.05, 0) is 84.1 Å². The van der Waals surface area contributed by atoms with E-state index in [0.717, 1.165) is 5.56 Å². The van der Waals surface area contributed by atoms with E-state index in [1.165, 1.54) is 4.90 Å². The summed E-state index contributed by atoms with van der Waals surface area (Å²) in [6.07, 6.45) is 5.33. The van der Waals surface area contributed by atoms with E-state index in [4.69, 9.17) is 15.9 Å². The summed E-state index contributed by atoms with van der Waals surface area (Å²) in [5.74, 6) is 0.962. The summed E-state index contributed by atoms with van der Waals surface area (Å²) in [5.41, 5.74) is 0.364. The highest BCUT2D eigenvalue weighted by Crippen LogP contribution is 2.25. The number of rotatable bonds is 12. The molecule has 0 bridgehead atoms. The first-order chi connectivity index (χ1) is 20.9. The molecule has 244 valence electrons. The van der Waals surface area contributed by atoms with Crippen molar-refractivity contribution in [2.75, 3.05) is 6.54 Å². The Hall–Kier alpha value is -4.32. The number of carbonyl (C=O) groups is 4. The lowest BCUT2D eigenvalue weighted by atomic mass is 9.98. The van der Waals surface area contributed by atoms with Gasteiger partial charge in [0.25, 0.3) is 0 Å². The fourth-order valence-electron chi connectivity index (χ4n) is 4.71. The number of nitrogens with one attached hydrogen (secondary N) is 2. The molecule has 0 aromatic heterocycles. The molecule has 0 fully saturated rings. The summed E-state index contributed by atoms with van der Waals surface area (Å²) in [6, 6.07) is 12.9. The van der Waals surface area contributed by atoms with E-state index in [9.17, 15) is 19.2 Å². The maximum atomic E-state index is 14.3. The summed E-state index contributed by atoms with van der Waals surface area (Å²) in [5, 5.41) is 5.59. The van der Waals surface area contributed by atoms with Gasteiger partial charge in [-0.15, -0.1) is 6.42 Å². The summed E-state index contributed by atoms with van der Waals surface area (Å²) in [6.45, 7) is 16.2. The van der Waals surface area contributed by atoms with Crippen molar-refractivity contribution in [2.24, 2.45) is 5.92 Å². The number of ether oxygens (including phenoxy) is 2. The Labute approximate surface area is 268 Å². The molecule has 0 spiro atoms. The smallest absolute Gasteiger partial charge is 0.408 e. The van der Waals surface area contributed by atoms with Crippen molar-refractivity contribution in [1.29, 1.82) is 0 Å². The third-order valence-electron chi connectivity index (χ3n) is 6.56. The first-order valence-corrected chi connectivity index (χ1v) is 15.4. The van der Waals surface area contributed by atoms with Crippen molar-refractivity contribution in [1.82, 2.24) is 15.5 Å². The van der Waals surface area contributed by atoms with E-state index in [1.807, 2.05) is 44.2 Å². The molecule has 0 heterocycles. The van der Waals surface area contributed by atoms with Gasteiger partial charge in [-0.3, -0.25) is 9.59 Å². The van der Waals surface area contributed by atoms with E-state index in [1.54, 1.807) is 72.7 Å². The number of likely N-dealkylation sites (N-methyl/N-ethyl adjacent to an activating group) is 1. The lowest BCUT2D eigenvalue weighted by Gasteiger charge is -2.35. The fourth-order valence-corrected chi connectivity index (χ4v) is 4.71. The summed E-state index contributed by atoms with van der Waals surface area (Å²) in [7, 11) is 0. The number of esters is 1.